The Bertz CT molecular complexity index is 1440. The summed E-state index contributed by atoms with van der Waals surface area (Å²) in [5, 5.41) is 144. The van der Waals surface area contributed by atoms with Crippen molar-refractivity contribution in [1.29, 1.82) is 0 Å². The first-order chi connectivity index (χ1) is 39.7. The van der Waals surface area contributed by atoms with Crippen LogP contribution in [-0.4, -0.2) is 340 Å². The number of hydrogen-bond acceptors (Lipinski definition) is 29. The molecule has 0 aliphatic heterocycles. The van der Waals surface area contributed by atoms with Gasteiger partial charge in [-0.1, -0.05) is 19.1 Å². The van der Waals surface area contributed by atoms with E-state index in [4.69, 9.17) is 81.6 Å². The number of hydrogen-bond donors (Lipinski definition) is 15. The van der Waals surface area contributed by atoms with Crippen LogP contribution in [0.2, 0.25) is 0 Å². The largest absolute Gasteiger partial charge is 0.499 e. The Morgan fingerprint density at radius 1 is 0.244 bits per heavy atom. The fourth-order valence-electron chi connectivity index (χ4n) is 6.07. The summed E-state index contributed by atoms with van der Waals surface area (Å²) in [5.74, 6) is 0. The fraction of sp³-hybridized carbons (Fsp3) is 0.887. The lowest BCUT2D eigenvalue weighted by atomic mass is 10.2. The van der Waals surface area contributed by atoms with Gasteiger partial charge in [0, 0.05) is 0 Å². The van der Waals surface area contributed by atoms with Crippen LogP contribution >= 0.6 is 0 Å². The molecule has 0 amide bonds. The zero-order chi connectivity index (χ0) is 60.9. The minimum Gasteiger partial charge on any atom is -0.499 e. The summed E-state index contributed by atoms with van der Waals surface area (Å²) >= 11 is 0. The molecule has 14 unspecified atom stereocenters. The molecule has 0 saturated heterocycles. The van der Waals surface area contributed by atoms with E-state index in [1.807, 2.05) is 24.3 Å². The van der Waals surface area contributed by atoms with Crippen molar-refractivity contribution in [1.82, 2.24) is 0 Å². The van der Waals surface area contributed by atoms with E-state index < -0.39 is 125 Å². The molecule has 0 aliphatic rings. The van der Waals surface area contributed by atoms with Crippen LogP contribution in [0.1, 0.15) is 39.0 Å². The van der Waals surface area contributed by atoms with Gasteiger partial charge in [-0.15, -0.1) is 0 Å². The first kappa shape index (κ1) is 79.7. The van der Waals surface area contributed by atoms with Gasteiger partial charge in [-0.25, -0.2) is 0 Å². The molecule has 488 valence electrons. The molecule has 0 bridgehead atoms. The van der Waals surface area contributed by atoms with Crippen molar-refractivity contribution in [2.75, 3.05) is 178 Å². The van der Waals surface area contributed by atoms with Crippen LogP contribution in [0.25, 0.3) is 0 Å². The number of aliphatic hydroxyl groups is 15. The van der Waals surface area contributed by atoms with Crippen LogP contribution in [0, 0.1) is 0 Å². The van der Waals surface area contributed by atoms with Crippen molar-refractivity contribution in [2.45, 2.75) is 124 Å². The molecule has 0 fully saturated rings. The number of ether oxygens (including phenoxy) is 14. The number of aliphatic hydroxyl groups excluding tert-OH is 15. The smallest absolute Gasteiger partial charge is 0.116 e. The van der Waals surface area contributed by atoms with Gasteiger partial charge >= 0.3 is 0 Å². The van der Waals surface area contributed by atoms with Gasteiger partial charge in [-0.3, -0.25) is 0 Å². The zero-order valence-electron chi connectivity index (χ0n) is 47.6. The van der Waals surface area contributed by atoms with E-state index in [9.17, 15) is 61.3 Å². The SMILES string of the molecule is CCC(O)COC(CO)COC(CO)COCC(CO/C=C/CC/C=C/CC/C=C/OCC(COCC(COCC(O)CO)OCC(O)COCC(O)CO)OCC(O)CO)OCC(COCC(O)CO)OCC(O)COCC(O)CO. The van der Waals surface area contributed by atoms with Gasteiger partial charge in [0.1, 0.15) is 92.6 Å². The van der Waals surface area contributed by atoms with Gasteiger partial charge < -0.3 is 143 Å². The lowest BCUT2D eigenvalue weighted by Crippen LogP contribution is -2.37. The fourth-order valence-corrected chi connectivity index (χ4v) is 6.07. The number of rotatable bonds is 62. The first-order valence-corrected chi connectivity index (χ1v) is 27.7. The van der Waals surface area contributed by atoms with Gasteiger partial charge in [-0.2, -0.15) is 0 Å². The van der Waals surface area contributed by atoms with E-state index in [0.717, 1.165) is 0 Å². The highest BCUT2D eigenvalue weighted by Gasteiger charge is 2.22. The van der Waals surface area contributed by atoms with Gasteiger partial charge in [0.25, 0.3) is 0 Å². The van der Waals surface area contributed by atoms with E-state index in [0.29, 0.717) is 32.1 Å². The van der Waals surface area contributed by atoms with Gasteiger partial charge in [0.05, 0.1) is 184 Å². The summed E-state index contributed by atoms with van der Waals surface area (Å²) in [6.07, 6.45) is 0.866. The third-order valence-corrected chi connectivity index (χ3v) is 10.9. The summed E-state index contributed by atoms with van der Waals surface area (Å²) in [4.78, 5) is 0. The molecule has 0 aromatic heterocycles. The van der Waals surface area contributed by atoms with Crippen LogP contribution in [0.3, 0.4) is 0 Å². The topological polar surface area (TPSA) is 433 Å². The standard InChI is InChI=1S/C53H102O29/c1-2-40(61)26-77-49(19-60)38-81-48(18-59)30-75-35-51(82-39-53(37-74-23-44(65)16-57)80-29-47(68)25-72-21-42(63)14-55)32-70-12-10-8-6-4-3-5-7-9-11-69-31-50(78-27-45(66)17-58)34-76-36-52(33-73-22-43(64)15-56)79-28-46(67)24-71-20-41(62)13-54/h3-4,9-12,40-68H,2,5-8,13-39H2,1H3/b4-3+,11-9+,12-10+. The molecule has 0 spiro atoms. The second-order valence-electron chi connectivity index (χ2n) is 18.9. The third kappa shape index (κ3) is 48.9. The van der Waals surface area contributed by atoms with Crippen molar-refractivity contribution >= 4 is 0 Å². The van der Waals surface area contributed by atoms with Crippen LogP contribution in [0.5, 0.6) is 0 Å². The highest BCUT2D eigenvalue weighted by atomic mass is 16.6. The van der Waals surface area contributed by atoms with Crippen LogP contribution < -0.4 is 0 Å². The van der Waals surface area contributed by atoms with Crippen LogP contribution in [0.15, 0.2) is 36.8 Å². The molecule has 0 aromatic carbocycles. The minimum absolute atomic E-state index is 0.00505. The molecule has 15 N–H and O–H groups in total. The molecule has 29 heteroatoms. The lowest BCUT2D eigenvalue weighted by Gasteiger charge is -2.25. The van der Waals surface area contributed by atoms with Gasteiger partial charge in [-0.05, 0) is 44.3 Å². The molecular weight excluding hydrogens is 1100 g/mol. The summed E-state index contributed by atoms with van der Waals surface area (Å²) in [5.41, 5.74) is 0. The van der Waals surface area contributed by atoms with E-state index in [-0.39, 0.29) is 139 Å². The Labute approximate surface area is 481 Å². The molecule has 0 radical (unpaired) electrons. The Kier molecular flexibility index (Phi) is 55.0. The van der Waals surface area contributed by atoms with Crippen molar-refractivity contribution < 1.29 is 143 Å². The predicted molar refractivity (Wildman–Crippen MR) is 289 cm³/mol. The Morgan fingerprint density at radius 2 is 0.488 bits per heavy atom. The van der Waals surface area contributed by atoms with Crippen molar-refractivity contribution in [3.63, 3.8) is 0 Å². The van der Waals surface area contributed by atoms with Crippen molar-refractivity contribution in [3.8, 4) is 0 Å². The number of unbranched alkanes of at least 4 members (excludes halogenated alkanes) is 2. The van der Waals surface area contributed by atoms with E-state index >= 15 is 0 Å². The minimum atomic E-state index is -1.14. The van der Waals surface area contributed by atoms with Crippen molar-refractivity contribution in [3.05, 3.63) is 36.8 Å². The highest BCUT2D eigenvalue weighted by Crippen LogP contribution is 2.09. The molecule has 0 rings (SSSR count). The normalized spacial score (nSPS) is 17.6. The summed E-state index contributed by atoms with van der Waals surface area (Å²) in [6, 6.07) is 0. The summed E-state index contributed by atoms with van der Waals surface area (Å²) in [6.45, 7) is -3.89. The molecule has 29 nitrogen and oxygen atoms in total. The molecule has 82 heavy (non-hydrogen) atoms. The predicted octanol–water partition coefficient (Wildman–Crippen LogP) is -5.18. The maximum atomic E-state index is 10.4. The van der Waals surface area contributed by atoms with Gasteiger partial charge in [0.2, 0.25) is 0 Å². The third-order valence-electron chi connectivity index (χ3n) is 10.9. The quantitative estimate of drug-likeness (QED) is 0.0154. The Hall–Kier alpha value is -2.26. The average Bonchev–Trinajstić information content (AvgIpc) is 3.48. The summed E-state index contributed by atoms with van der Waals surface area (Å²) < 4.78 is 78.9. The lowest BCUT2D eigenvalue weighted by molar-refractivity contribution is -0.134. The first-order valence-electron chi connectivity index (χ1n) is 27.7. The average molecular weight is 1200 g/mol. The van der Waals surface area contributed by atoms with Crippen molar-refractivity contribution in [2.24, 2.45) is 0 Å². The molecular formula is C53H102O29. The highest BCUT2D eigenvalue weighted by molar-refractivity contribution is 4.88. The molecule has 0 heterocycles. The second-order valence-corrected chi connectivity index (χ2v) is 18.9. The summed E-state index contributed by atoms with van der Waals surface area (Å²) in [7, 11) is 0. The zero-order valence-corrected chi connectivity index (χ0v) is 47.6. The van der Waals surface area contributed by atoms with Gasteiger partial charge in [0.15, 0.2) is 0 Å². The van der Waals surface area contributed by atoms with Crippen LogP contribution in [-0.2, 0) is 66.3 Å². The monoisotopic (exact) mass is 1200 g/mol. The van der Waals surface area contributed by atoms with Crippen LogP contribution in [0.4, 0.5) is 0 Å². The second kappa shape index (κ2) is 56.5. The molecule has 0 aromatic rings. The van der Waals surface area contributed by atoms with E-state index in [2.05, 4.69) is 0 Å². The maximum absolute atomic E-state index is 10.4. The molecule has 0 aliphatic carbocycles. The Balaban J connectivity index is 5.36. The molecule has 0 saturated carbocycles. The Morgan fingerprint density at radius 3 is 0.878 bits per heavy atom. The van der Waals surface area contributed by atoms with E-state index in [1.165, 1.54) is 12.5 Å². The number of allylic oxidation sites excluding steroid dienone is 4. The van der Waals surface area contributed by atoms with E-state index in [1.54, 1.807) is 6.92 Å². The molecule has 14 atom stereocenters. The maximum Gasteiger partial charge on any atom is 0.116 e.